The molecule has 160 valence electrons. The Bertz CT molecular complexity index is 1170. The van der Waals surface area contributed by atoms with Crippen molar-refractivity contribution < 1.29 is 22.7 Å². The largest absolute Gasteiger partial charge is 0.417 e. The summed E-state index contributed by atoms with van der Waals surface area (Å²) in [7, 11) is 2.59. The zero-order chi connectivity index (χ0) is 22.2. The molecule has 13 heteroatoms. The molecule has 2 amide bonds. The predicted octanol–water partition coefficient (Wildman–Crippen LogP) is 3.45. The molecular formula is C17H16ClF3N6O3. The van der Waals surface area contributed by atoms with Crippen molar-refractivity contribution >= 4 is 34.7 Å². The van der Waals surface area contributed by atoms with Crippen LogP contribution < -0.4 is 16.2 Å². The van der Waals surface area contributed by atoms with Crippen molar-refractivity contribution in [1.29, 1.82) is 0 Å². The first-order chi connectivity index (χ1) is 14.0. The van der Waals surface area contributed by atoms with Gasteiger partial charge in [-0.2, -0.15) is 18.3 Å². The fourth-order valence-electron chi connectivity index (χ4n) is 2.75. The second-order valence-corrected chi connectivity index (χ2v) is 6.69. The van der Waals surface area contributed by atoms with Gasteiger partial charge in [-0.15, -0.1) is 0 Å². The summed E-state index contributed by atoms with van der Waals surface area (Å²) in [5.41, 5.74) is -1.47. The Morgan fingerprint density at radius 2 is 1.93 bits per heavy atom. The molecular weight excluding hydrogens is 429 g/mol. The molecule has 0 saturated carbocycles. The first-order valence-corrected chi connectivity index (χ1v) is 8.82. The van der Waals surface area contributed by atoms with E-state index in [-0.39, 0.29) is 10.8 Å². The lowest BCUT2D eigenvalue weighted by Crippen LogP contribution is -2.29. The molecule has 3 aromatic heterocycles. The maximum absolute atomic E-state index is 13.0. The minimum atomic E-state index is -4.69. The van der Waals surface area contributed by atoms with Crippen LogP contribution in [0.1, 0.15) is 24.3 Å². The number of nitrogens with zero attached hydrogens (tertiary/aromatic N) is 4. The normalized spacial score (nSPS) is 12.8. The van der Waals surface area contributed by atoms with Crippen molar-refractivity contribution in [2.24, 2.45) is 7.05 Å². The van der Waals surface area contributed by atoms with Crippen LogP contribution >= 0.6 is 11.6 Å². The summed E-state index contributed by atoms with van der Waals surface area (Å²) in [6.45, 7) is 1.69. The number of anilines is 2. The molecule has 0 unspecified atom stereocenters. The number of pyridine rings is 1. The molecule has 1 atom stereocenters. The van der Waals surface area contributed by atoms with Gasteiger partial charge in [0.25, 0.3) is 5.56 Å². The van der Waals surface area contributed by atoms with Crippen LogP contribution in [-0.4, -0.2) is 32.3 Å². The van der Waals surface area contributed by atoms with Crippen molar-refractivity contribution in [3.05, 3.63) is 51.3 Å². The highest BCUT2D eigenvalue weighted by atomic mass is 35.5. The van der Waals surface area contributed by atoms with Gasteiger partial charge in [-0.05, 0) is 13.0 Å². The van der Waals surface area contributed by atoms with Gasteiger partial charge >= 0.3 is 12.2 Å². The Kier molecular flexibility index (Phi) is 5.72. The number of carbonyl (C=O) groups is 1. The number of hydrogen-bond donors (Lipinski definition) is 2. The van der Waals surface area contributed by atoms with E-state index >= 15 is 0 Å². The zero-order valence-electron chi connectivity index (χ0n) is 15.9. The number of ether oxygens (including phenoxy) is 1. The van der Waals surface area contributed by atoms with Gasteiger partial charge in [0.1, 0.15) is 5.69 Å². The molecule has 0 aliphatic rings. The summed E-state index contributed by atoms with van der Waals surface area (Å²) in [6, 6.07) is 1.12. The first kappa shape index (κ1) is 21.6. The smallest absolute Gasteiger partial charge is 0.375 e. The lowest BCUT2D eigenvalue weighted by atomic mass is 10.2. The summed E-state index contributed by atoms with van der Waals surface area (Å²) in [4.78, 5) is 28.7. The van der Waals surface area contributed by atoms with E-state index in [0.717, 1.165) is 11.6 Å². The molecule has 0 fully saturated rings. The molecule has 0 aromatic carbocycles. The summed E-state index contributed by atoms with van der Waals surface area (Å²) in [6.07, 6.45) is -3.28. The maximum Gasteiger partial charge on any atom is 0.417 e. The number of nitrogens with one attached hydrogen (secondary N) is 2. The molecule has 9 nitrogen and oxygen atoms in total. The average Bonchev–Trinajstić information content (AvgIpc) is 3.03. The number of aromatic nitrogens is 4. The highest BCUT2D eigenvalue weighted by molar-refractivity contribution is 6.29. The number of rotatable bonds is 4. The van der Waals surface area contributed by atoms with Crippen LogP contribution in [0.15, 0.2) is 29.3 Å². The van der Waals surface area contributed by atoms with E-state index in [9.17, 15) is 22.8 Å². The van der Waals surface area contributed by atoms with Gasteiger partial charge in [-0.1, -0.05) is 11.6 Å². The van der Waals surface area contributed by atoms with Crippen molar-refractivity contribution in [2.75, 3.05) is 17.7 Å². The Hall–Kier alpha value is -3.12. The number of alkyl halides is 3. The third-order valence-corrected chi connectivity index (χ3v) is 4.42. The Labute approximate surface area is 172 Å². The van der Waals surface area contributed by atoms with Gasteiger partial charge in [0.05, 0.1) is 29.2 Å². The minimum Gasteiger partial charge on any atom is -0.375 e. The SMILES string of the molecule is CO[C@H](C)c1c(NC(=O)Nc2cc(C(F)(F)F)cn(C)c2=O)cnc2cc(Cl)nn12. The van der Waals surface area contributed by atoms with E-state index in [1.54, 1.807) is 6.92 Å². The van der Waals surface area contributed by atoms with E-state index in [0.29, 0.717) is 23.6 Å². The molecule has 0 spiro atoms. The summed E-state index contributed by atoms with van der Waals surface area (Å²) < 4.78 is 46.4. The van der Waals surface area contributed by atoms with Crippen molar-refractivity contribution in [1.82, 2.24) is 19.2 Å². The van der Waals surface area contributed by atoms with Crippen molar-refractivity contribution in [3.8, 4) is 0 Å². The summed E-state index contributed by atoms with van der Waals surface area (Å²) >= 11 is 5.91. The maximum atomic E-state index is 13.0. The van der Waals surface area contributed by atoms with Gasteiger partial charge < -0.3 is 19.9 Å². The van der Waals surface area contributed by atoms with E-state index in [1.165, 1.54) is 23.9 Å². The number of halogens is 4. The second-order valence-electron chi connectivity index (χ2n) is 6.31. The standard InChI is InChI=1S/C17H16ClF3N6O3/c1-8(30-3)14-11(6-22-13-5-12(18)25-27(13)14)24-16(29)23-10-4-9(17(19,20)21)7-26(2)15(10)28/h4-8H,1-3H3,(H2,23,24,29)/t8-/m1/s1. The molecule has 0 radical (unpaired) electrons. The Balaban J connectivity index is 1.95. The van der Waals surface area contributed by atoms with Crippen molar-refractivity contribution in [2.45, 2.75) is 19.2 Å². The third-order valence-electron chi connectivity index (χ3n) is 4.24. The summed E-state index contributed by atoms with van der Waals surface area (Å²) in [5.74, 6) is 0. The van der Waals surface area contributed by atoms with Crippen LogP contribution in [0.4, 0.5) is 29.3 Å². The monoisotopic (exact) mass is 444 g/mol. The second kappa shape index (κ2) is 7.95. The molecule has 3 rings (SSSR count). The number of aryl methyl sites for hydroxylation is 1. The predicted molar refractivity (Wildman–Crippen MR) is 103 cm³/mol. The van der Waals surface area contributed by atoms with Gasteiger partial charge in [0.2, 0.25) is 0 Å². The molecule has 0 aliphatic carbocycles. The van der Waals surface area contributed by atoms with Crippen LogP contribution in [0.3, 0.4) is 0 Å². The lowest BCUT2D eigenvalue weighted by molar-refractivity contribution is -0.138. The Morgan fingerprint density at radius 3 is 2.57 bits per heavy atom. The molecule has 0 bridgehead atoms. The number of methoxy groups -OCH3 is 1. The minimum absolute atomic E-state index is 0.165. The van der Waals surface area contributed by atoms with E-state index in [1.807, 2.05) is 0 Å². The lowest BCUT2D eigenvalue weighted by Gasteiger charge is -2.17. The number of fused-ring (bicyclic) bond motifs is 1. The van der Waals surface area contributed by atoms with E-state index in [4.69, 9.17) is 16.3 Å². The number of hydrogen-bond acceptors (Lipinski definition) is 5. The molecule has 0 saturated heterocycles. The van der Waals surface area contributed by atoms with E-state index in [2.05, 4.69) is 20.7 Å². The van der Waals surface area contributed by atoms with Crippen molar-refractivity contribution in [3.63, 3.8) is 0 Å². The molecule has 3 heterocycles. The van der Waals surface area contributed by atoms with Gasteiger partial charge in [-0.25, -0.2) is 14.3 Å². The van der Waals surface area contributed by atoms with Crippen LogP contribution in [0, 0.1) is 0 Å². The van der Waals surface area contributed by atoms with Crippen LogP contribution in [0.25, 0.3) is 5.65 Å². The number of urea groups is 1. The topological polar surface area (TPSA) is 103 Å². The fraction of sp³-hybridized carbons (Fsp3) is 0.294. The molecule has 30 heavy (non-hydrogen) atoms. The summed E-state index contributed by atoms with van der Waals surface area (Å²) in [5, 5.41) is 8.85. The average molecular weight is 445 g/mol. The number of carbonyl (C=O) groups excluding carboxylic acids is 1. The van der Waals surface area contributed by atoms with Crippen LogP contribution in [0.2, 0.25) is 5.15 Å². The van der Waals surface area contributed by atoms with Crippen LogP contribution in [0.5, 0.6) is 0 Å². The fourth-order valence-corrected chi connectivity index (χ4v) is 2.93. The molecule has 2 N–H and O–H groups in total. The third kappa shape index (κ3) is 4.24. The van der Waals surface area contributed by atoms with Gasteiger partial charge in [-0.3, -0.25) is 4.79 Å². The molecule has 0 aliphatic heterocycles. The van der Waals surface area contributed by atoms with Crippen LogP contribution in [-0.2, 0) is 18.0 Å². The number of amides is 2. The van der Waals surface area contributed by atoms with E-state index < -0.39 is 35.1 Å². The quantitative estimate of drug-likeness (QED) is 0.641. The first-order valence-electron chi connectivity index (χ1n) is 8.44. The highest BCUT2D eigenvalue weighted by Gasteiger charge is 2.32. The van der Waals surface area contributed by atoms with Gasteiger partial charge in [0, 0.05) is 26.4 Å². The van der Waals surface area contributed by atoms with Gasteiger partial charge in [0.15, 0.2) is 10.8 Å². The zero-order valence-corrected chi connectivity index (χ0v) is 16.7. The molecule has 3 aromatic rings. The Morgan fingerprint density at radius 1 is 1.27 bits per heavy atom. The highest BCUT2D eigenvalue weighted by Crippen LogP contribution is 2.30.